The van der Waals surface area contributed by atoms with Gasteiger partial charge in [-0.15, -0.1) is 0 Å². The largest absolute Gasteiger partial charge is 0.506 e. The van der Waals surface area contributed by atoms with Crippen LogP contribution in [0.15, 0.2) is 47.0 Å². The van der Waals surface area contributed by atoms with Gasteiger partial charge in [-0.25, -0.2) is 4.98 Å². The molecule has 0 aliphatic heterocycles. The fourth-order valence-electron chi connectivity index (χ4n) is 2.71. The summed E-state index contributed by atoms with van der Waals surface area (Å²) < 4.78 is 13.0. The molecule has 0 saturated heterocycles. The van der Waals surface area contributed by atoms with E-state index >= 15 is 0 Å². The molecule has 3 aromatic heterocycles. The molecule has 2 N–H and O–H groups in total. The standard InChI is InChI=1S/C17H15N3O3/c1-18-17-16(19-15-6-3-11(21)9-20(15)17)14-8-10-7-12(22-2)4-5-13(10)23-14/h3-9,18,21H,1-2H3. The fraction of sp³-hybridized carbons (Fsp3) is 0.118. The third kappa shape index (κ3) is 2.07. The predicted molar refractivity (Wildman–Crippen MR) is 88.2 cm³/mol. The first-order valence-corrected chi connectivity index (χ1v) is 7.16. The van der Waals surface area contributed by atoms with Gasteiger partial charge in [0.1, 0.15) is 34.2 Å². The number of fused-ring (bicyclic) bond motifs is 2. The van der Waals surface area contributed by atoms with E-state index in [0.717, 1.165) is 28.2 Å². The molecule has 23 heavy (non-hydrogen) atoms. The monoisotopic (exact) mass is 309 g/mol. The zero-order valence-electron chi connectivity index (χ0n) is 12.7. The Balaban J connectivity index is 1.94. The van der Waals surface area contributed by atoms with E-state index in [9.17, 15) is 5.11 Å². The van der Waals surface area contributed by atoms with Gasteiger partial charge in [0.15, 0.2) is 5.76 Å². The number of hydrogen-bond donors (Lipinski definition) is 2. The number of aromatic nitrogens is 2. The van der Waals surface area contributed by atoms with Crippen LogP contribution in [0.5, 0.6) is 11.5 Å². The molecule has 1 aromatic carbocycles. The predicted octanol–water partition coefficient (Wildman–Crippen LogP) is 3.50. The zero-order chi connectivity index (χ0) is 16.0. The summed E-state index contributed by atoms with van der Waals surface area (Å²) in [7, 11) is 3.44. The van der Waals surface area contributed by atoms with Crippen LogP contribution in [0.1, 0.15) is 0 Å². The normalized spacial score (nSPS) is 11.2. The second-order valence-corrected chi connectivity index (χ2v) is 5.19. The summed E-state index contributed by atoms with van der Waals surface area (Å²) in [5.41, 5.74) is 2.18. The van der Waals surface area contributed by atoms with Gasteiger partial charge in [-0.2, -0.15) is 0 Å². The Hall–Kier alpha value is -3.15. The Labute approximate surface area is 131 Å². The van der Waals surface area contributed by atoms with Gasteiger partial charge < -0.3 is 19.6 Å². The topological polar surface area (TPSA) is 71.9 Å². The van der Waals surface area contributed by atoms with Gasteiger partial charge in [-0.1, -0.05) is 0 Å². The lowest BCUT2D eigenvalue weighted by molar-refractivity contribution is 0.415. The maximum Gasteiger partial charge on any atom is 0.157 e. The lowest BCUT2D eigenvalue weighted by atomic mass is 10.2. The average Bonchev–Trinajstić information content (AvgIpc) is 3.14. The molecule has 0 fully saturated rings. The van der Waals surface area contributed by atoms with E-state index in [1.807, 2.05) is 31.3 Å². The summed E-state index contributed by atoms with van der Waals surface area (Å²) in [5.74, 6) is 2.36. The first kappa shape index (κ1) is 13.5. The van der Waals surface area contributed by atoms with Gasteiger partial charge in [0.05, 0.1) is 13.3 Å². The molecule has 6 heteroatoms. The Morgan fingerprint density at radius 3 is 2.87 bits per heavy atom. The van der Waals surface area contributed by atoms with Gasteiger partial charge in [0.25, 0.3) is 0 Å². The van der Waals surface area contributed by atoms with Gasteiger partial charge in [0, 0.05) is 12.4 Å². The molecular formula is C17H15N3O3. The molecular weight excluding hydrogens is 294 g/mol. The number of furan rings is 1. The van der Waals surface area contributed by atoms with Crippen molar-refractivity contribution in [2.75, 3.05) is 19.5 Å². The maximum atomic E-state index is 9.69. The van der Waals surface area contributed by atoms with Crippen molar-refractivity contribution in [3.8, 4) is 23.0 Å². The van der Waals surface area contributed by atoms with Crippen LogP contribution in [0.3, 0.4) is 0 Å². The highest BCUT2D eigenvalue weighted by molar-refractivity contribution is 5.86. The summed E-state index contributed by atoms with van der Waals surface area (Å²) in [6, 6.07) is 10.9. The van der Waals surface area contributed by atoms with Crippen LogP contribution in [-0.2, 0) is 0 Å². The van der Waals surface area contributed by atoms with Crippen molar-refractivity contribution in [3.05, 3.63) is 42.6 Å². The molecule has 116 valence electrons. The smallest absolute Gasteiger partial charge is 0.157 e. The van der Waals surface area contributed by atoms with Crippen molar-refractivity contribution >= 4 is 22.4 Å². The van der Waals surface area contributed by atoms with Crippen LogP contribution >= 0.6 is 0 Å². The lowest BCUT2D eigenvalue weighted by Gasteiger charge is -2.02. The first-order valence-electron chi connectivity index (χ1n) is 7.16. The second kappa shape index (κ2) is 4.95. The highest BCUT2D eigenvalue weighted by Gasteiger charge is 2.17. The number of ether oxygens (including phenoxy) is 1. The number of imidazole rings is 1. The summed E-state index contributed by atoms with van der Waals surface area (Å²) >= 11 is 0. The third-order valence-corrected chi connectivity index (χ3v) is 3.80. The molecule has 0 unspecified atom stereocenters. The Morgan fingerprint density at radius 2 is 2.09 bits per heavy atom. The number of hydrogen-bond acceptors (Lipinski definition) is 5. The van der Waals surface area contributed by atoms with Crippen molar-refractivity contribution in [2.24, 2.45) is 0 Å². The van der Waals surface area contributed by atoms with E-state index in [2.05, 4.69) is 10.3 Å². The minimum absolute atomic E-state index is 0.173. The van der Waals surface area contributed by atoms with Crippen LogP contribution in [-0.4, -0.2) is 28.6 Å². The number of nitrogens with one attached hydrogen (secondary N) is 1. The van der Waals surface area contributed by atoms with Gasteiger partial charge in [-0.05, 0) is 36.4 Å². The summed E-state index contributed by atoms with van der Waals surface area (Å²) in [5, 5.41) is 13.7. The highest BCUT2D eigenvalue weighted by atomic mass is 16.5. The molecule has 6 nitrogen and oxygen atoms in total. The minimum atomic E-state index is 0.173. The number of pyridine rings is 1. The molecule has 0 bridgehead atoms. The molecule has 4 rings (SSSR count). The number of anilines is 1. The van der Waals surface area contributed by atoms with Gasteiger partial charge in [0.2, 0.25) is 0 Å². The molecule has 0 spiro atoms. The Kier molecular flexibility index (Phi) is 2.90. The van der Waals surface area contributed by atoms with Crippen LogP contribution in [0.2, 0.25) is 0 Å². The molecule has 0 atom stereocenters. The second-order valence-electron chi connectivity index (χ2n) is 5.19. The van der Waals surface area contributed by atoms with Crippen molar-refractivity contribution in [2.45, 2.75) is 0 Å². The summed E-state index contributed by atoms with van der Waals surface area (Å²) in [6.07, 6.45) is 1.61. The lowest BCUT2D eigenvalue weighted by Crippen LogP contribution is -1.95. The van der Waals surface area contributed by atoms with Crippen molar-refractivity contribution < 1.29 is 14.3 Å². The van der Waals surface area contributed by atoms with E-state index in [4.69, 9.17) is 9.15 Å². The van der Waals surface area contributed by atoms with Crippen molar-refractivity contribution in [1.82, 2.24) is 9.38 Å². The van der Waals surface area contributed by atoms with E-state index in [1.165, 1.54) is 0 Å². The SMILES string of the molecule is CNc1c(-c2cc3cc(OC)ccc3o2)nc2ccc(O)cn12. The Morgan fingerprint density at radius 1 is 1.22 bits per heavy atom. The molecule has 0 amide bonds. The first-order chi connectivity index (χ1) is 11.2. The molecule has 0 radical (unpaired) electrons. The molecule has 4 aromatic rings. The zero-order valence-corrected chi connectivity index (χ0v) is 12.7. The number of aromatic hydroxyl groups is 1. The molecule has 0 aliphatic rings. The van der Waals surface area contributed by atoms with Crippen molar-refractivity contribution in [1.29, 1.82) is 0 Å². The van der Waals surface area contributed by atoms with Crippen LogP contribution in [0.25, 0.3) is 28.1 Å². The van der Waals surface area contributed by atoms with E-state index in [0.29, 0.717) is 11.5 Å². The van der Waals surface area contributed by atoms with Gasteiger partial charge >= 0.3 is 0 Å². The number of methoxy groups -OCH3 is 1. The Bertz CT molecular complexity index is 1020. The third-order valence-electron chi connectivity index (χ3n) is 3.80. The average molecular weight is 309 g/mol. The van der Waals surface area contributed by atoms with E-state index < -0.39 is 0 Å². The summed E-state index contributed by atoms with van der Waals surface area (Å²) in [4.78, 5) is 4.60. The van der Waals surface area contributed by atoms with Crippen LogP contribution < -0.4 is 10.1 Å². The quantitative estimate of drug-likeness (QED) is 0.606. The maximum absolute atomic E-state index is 9.69. The number of nitrogens with zero attached hydrogens (tertiary/aromatic N) is 2. The molecule has 3 heterocycles. The highest BCUT2D eigenvalue weighted by Crippen LogP contribution is 2.34. The number of rotatable bonds is 3. The number of benzene rings is 1. The van der Waals surface area contributed by atoms with Crippen molar-refractivity contribution in [3.63, 3.8) is 0 Å². The van der Waals surface area contributed by atoms with E-state index in [-0.39, 0.29) is 5.75 Å². The van der Waals surface area contributed by atoms with E-state index in [1.54, 1.807) is 29.8 Å². The van der Waals surface area contributed by atoms with Crippen LogP contribution in [0.4, 0.5) is 5.82 Å². The molecule has 0 aliphatic carbocycles. The molecule has 0 saturated carbocycles. The van der Waals surface area contributed by atoms with Crippen LogP contribution in [0, 0.1) is 0 Å². The fourth-order valence-corrected chi connectivity index (χ4v) is 2.71. The van der Waals surface area contributed by atoms with Gasteiger partial charge in [-0.3, -0.25) is 4.40 Å². The summed E-state index contributed by atoms with van der Waals surface area (Å²) in [6.45, 7) is 0. The minimum Gasteiger partial charge on any atom is -0.506 e.